The van der Waals surface area contributed by atoms with Gasteiger partial charge < -0.3 is 8.92 Å². The number of benzene rings is 1. The van der Waals surface area contributed by atoms with Crippen molar-refractivity contribution in [2.75, 3.05) is 7.11 Å². The topological polar surface area (TPSA) is 69.7 Å². The van der Waals surface area contributed by atoms with Crippen LogP contribution in [0.1, 0.15) is 22.3 Å². The van der Waals surface area contributed by atoms with Crippen molar-refractivity contribution in [3.05, 3.63) is 23.3 Å². The molecule has 9 heteroatoms. The standard InChI is InChI=1S/C11H9F3O5S/c1-18-9-5-7-6(2-3-8(7)15)4-10(9)19-20(16,17)11(12,13)14/h4-5H,2-3H2,1H3. The highest BCUT2D eigenvalue weighted by Crippen LogP contribution is 2.37. The summed E-state index contributed by atoms with van der Waals surface area (Å²) in [5.41, 5.74) is -4.80. The molecule has 0 aliphatic heterocycles. The molecule has 1 aliphatic rings. The highest BCUT2D eigenvalue weighted by atomic mass is 32.2. The molecule has 0 N–H and O–H groups in total. The summed E-state index contributed by atoms with van der Waals surface area (Å²) >= 11 is 0. The minimum atomic E-state index is -5.78. The molecule has 1 aliphatic carbocycles. The summed E-state index contributed by atoms with van der Waals surface area (Å²) in [7, 11) is -4.65. The number of hydrogen-bond acceptors (Lipinski definition) is 5. The molecule has 0 saturated heterocycles. The number of alkyl halides is 3. The van der Waals surface area contributed by atoms with E-state index in [1.807, 2.05) is 0 Å². The van der Waals surface area contributed by atoms with Gasteiger partial charge in [0, 0.05) is 12.0 Å². The molecule has 2 rings (SSSR count). The van der Waals surface area contributed by atoms with Crippen LogP contribution in [0.4, 0.5) is 13.2 Å². The maximum atomic E-state index is 12.3. The minimum Gasteiger partial charge on any atom is -0.493 e. The van der Waals surface area contributed by atoms with Gasteiger partial charge in [0.2, 0.25) is 0 Å². The number of Topliss-reactive ketones (excluding diaryl/α,β-unsaturated/α-hetero) is 1. The van der Waals surface area contributed by atoms with E-state index in [0.717, 1.165) is 13.2 Å². The Labute approximate surface area is 112 Å². The molecular weight excluding hydrogens is 301 g/mol. The van der Waals surface area contributed by atoms with Crippen molar-refractivity contribution in [3.63, 3.8) is 0 Å². The summed E-state index contributed by atoms with van der Waals surface area (Å²) in [5, 5.41) is 0. The van der Waals surface area contributed by atoms with Gasteiger partial charge in [-0.2, -0.15) is 21.6 Å². The Morgan fingerprint density at radius 3 is 2.35 bits per heavy atom. The van der Waals surface area contributed by atoms with Gasteiger partial charge in [-0.1, -0.05) is 0 Å². The predicted octanol–water partition coefficient (Wildman–Crippen LogP) is 2.05. The molecule has 0 bridgehead atoms. The van der Waals surface area contributed by atoms with Gasteiger partial charge in [-0.25, -0.2) is 0 Å². The number of ether oxygens (including phenoxy) is 1. The molecule has 0 amide bonds. The number of carbonyl (C=O) groups excluding carboxylic acids is 1. The predicted molar refractivity (Wildman–Crippen MR) is 61.2 cm³/mol. The quantitative estimate of drug-likeness (QED) is 0.631. The normalized spacial score (nSPS) is 15.1. The highest BCUT2D eigenvalue weighted by molar-refractivity contribution is 7.88. The molecule has 0 radical (unpaired) electrons. The van der Waals surface area contributed by atoms with E-state index in [9.17, 15) is 26.4 Å². The minimum absolute atomic E-state index is 0.177. The molecular formula is C11H9F3O5S. The van der Waals surface area contributed by atoms with E-state index in [1.165, 1.54) is 6.07 Å². The van der Waals surface area contributed by atoms with Gasteiger partial charge in [0.05, 0.1) is 7.11 Å². The van der Waals surface area contributed by atoms with Gasteiger partial charge >= 0.3 is 15.6 Å². The number of methoxy groups -OCH3 is 1. The molecule has 1 aromatic rings. The van der Waals surface area contributed by atoms with E-state index in [4.69, 9.17) is 4.74 Å². The number of ketones is 1. The molecule has 0 heterocycles. The second-order valence-electron chi connectivity index (χ2n) is 4.07. The molecule has 0 saturated carbocycles. The van der Waals surface area contributed by atoms with Crippen LogP contribution in [0.15, 0.2) is 12.1 Å². The third kappa shape index (κ3) is 2.45. The first kappa shape index (κ1) is 14.6. The monoisotopic (exact) mass is 310 g/mol. The fourth-order valence-electron chi connectivity index (χ4n) is 1.84. The lowest BCUT2D eigenvalue weighted by atomic mass is 10.1. The number of aryl methyl sites for hydroxylation is 1. The lowest BCUT2D eigenvalue weighted by Gasteiger charge is -2.13. The third-order valence-corrected chi connectivity index (χ3v) is 3.76. The average Bonchev–Trinajstić information content (AvgIpc) is 2.67. The Kier molecular flexibility index (Phi) is 3.41. The number of halogens is 3. The first-order valence-corrected chi connectivity index (χ1v) is 6.81. The van der Waals surface area contributed by atoms with Crippen LogP contribution in [-0.2, 0) is 16.5 Å². The summed E-state index contributed by atoms with van der Waals surface area (Å²) in [6.45, 7) is 0. The third-order valence-electron chi connectivity index (χ3n) is 2.79. The van der Waals surface area contributed by atoms with Crippen LogP contribution in [0, 0.1) is 0 Å². The molecule has 0 atom stereocenters. The van der Waals surface area contributed by atoms with Gasteiger partial charge in [0.15, 0.2) is 17.3 Å². The van der Waals surface area contributed by atoms with Crippen molar-refractivity contribution in [3.8, 4) is 11.5 Å². The van der Waals surface area contributed by atoms with Crippen LogP contribution in [-0.4, -0.2) is 26.8 Å². The van der Waals surface area contributed by atoms with E-state index in [2.05, 4.69) is 4.18 Å². The van der Waals surface area contributed by atoms with E-state index in [0.29, 0.717) is 17.5 Å². The summed E-state index contributed by atoms with van der Waals surface area (Å²) in [6.07, 6.45) is 0.536. The molecule has 0 unspecified atom stereocenters. The zero-order valence-corrected chi connectivity index (χ0v) is 11.0. The molecule has 110 valence electrons. The number of hydrogen-bond donors (Lipinski definition) is 0. The van der Waals surface area contributed by atoms with Crippen molar-refractivity contribution >= 4 is 15.9 Å². The Bertz CT molecular complexity index is 663. The molecule has 5 nitrogen and oxygen atoms in total. The van der Waals surface area contributed by atoms with Crippen molar-refractivity contribution in [1.29, 1.82) is 0 Å². The van der Waals surface area contributed by atoms with Crippen molar-refractivity contribution < 1.29 is 35.3 Å². The summed E-state index contributed by atoms with van der Waals surface area (Å²) in [6, 6.07) is 2.27. The number of rotatable bonds is 3. The van der Waals surface area contributed by atoms with Crippen LogP contribution < -0.4 is 8.92 Å². The maximum absolute atomic E-state index is 12.3. The van der Waals surface area contributed by atoms with E-state index in [-0.39, 0.29) is 18.0 Å². The second kappa shape index (κ2) is 4.65. The number of fused-ring (bicyclic) bond motifs is 1. The SMILES string of the molecule is COc1cc2c(cc1OS(=O)(=O)C(F)(F)F)CCC2=O. The van der Waals surface area contributed by atoms with Gasteiger partial charge in [-0.15, -0.1) is 0 Å². The average molecular weight is 310 g/mol. The van der Waals surface area contributed by atoms with Crippen molar-refractivity contribution in [1.82, 2.24) is 0 Å². The Morgan fingerprint density at radius 2 is 1.80 bits per heavy atom. The van der Waals surface area contributed by atoms with Gasteiger partial charge in [0.25, 0.3) is 0 Å². The van der Waals surface area contributed by atoms with Crippen LogP contribution >= 0.6 is 0 Å². The van der Waals surface area contributed by atoms with Crippen LogP contribution in [0.25, 0.3) is 0 Å². The van der Waals surface area contributed by atoms with Crippen LogP contribution in [0.5, 0.6) is 11.5 Å². The highest BCUT2D eigenvalue weighted by Gasteiger charge is 2.49. The smallest absolute Gasteiger partial charge is 0.493 e. The van der Waals surface area contributed by atoms with Gasteiger partial charge in [-0.05, 0) is 24.1 Å². The van der Waals surface area contributed by atoms with E-state index < -0.39 is 21.4 Å². The zero-order valence-electron chi connectivity index (χ0n) is 10.2. The fourth-order valence-corrected chi connectivity index (χ4v) is 2.30. The summed E-state index contributed by atoms with van der Waals surface area (Å²) in [5.74, 6) is -1.01. The lowest BCUT2D eigenvalue weighted by Crippen LogP contribution is -2.28. The molecule has 0 aromatic heterocycles. The zero-order chi connectivity index (χ0) is 15.1. The summed E-state index contributed by atoms with van der Waals surface area (Å²) < 4.78 is 67.6. The Morgan fingerprint density at radius 1 is 1.15 bits per heavy atom. The van der Waals surface area contributed by atoms with Crippen molar-refractivity contribution in [2.24, 2.45) is 0 Å². The molecule has 0 fully saturated rings. The van der Waals surface area contributed by atoms with Gasteiger partial charge in [-0.3, -0.25) is 4.79 Å². The largest absolute Gasteiger partial charge is 0.534 e. The first-order valence-electron chi connectivity index (χ1n) is 5.40. The van der Waals surface area contributed by atoms with Crippen molar-refractivity contribution in [2.45, 2.75) is 18.3 Å². The molecule has 1 aromatic carbocycles. The van der Waals surface area contributed by atoms with Crippen LogP contribution in [0.3, 0.4) is 0 Å². The Balaban J connectivity index is 2.46. The maximum Gasteiger partial charge on any atom is 0.534 e. The van der Waals surface area contributed by atoms with E-state index >= 15 is 0 Å². The van der Waals surface area contributed by atoms with Crippen LogP contribution in [0.2, 0.25) is 0 Å². The molecule has 20 heavy (non-hydrogen) atoms. The van der Waals surface area contributed by atoms with Gasteiger partial charge in [0.1, 0.15) is 0 Å². The Hall–Kier alpha value is -1.77. The van der Waals surface area contributed by atoms with E-state index in [1.54, 1.807) is 0 Å². The number of carbonyl (C=O) groups is 1. The first-order chi connectivity index (χ1) is 9.15. The lowest BCUT2D eigenvalue weighted by molar-refractivity contribution is -0.0500. The summed E-state index contributed by atoms with van der Waals surface area (Å²) in [4.78, 5) is 11.5. The second-order valence-corrected chi connectivity index (χ2v) is 5.60. The molecule has 0 spiro atoms. The fraction of sp³-hybridized carbons (Fsp3) is 0.364.